The van der Waals surface area contributed by atoms with Gasteiger partial charge in [0.05, 0.1) is 9.46 Å². The highest BCUT2D eigenvalue weighted by atomic mass is 32.1. The summed E-state index contributed by atoms with van der Waals surface area (Å²) in [5.74, 6) is 0. The molecule has 0 aliphatic carbocycles. The van der Waals surface area contributed by atoms with Crippen molar-refractivity contribution in [1.29, 1.82) is 0 Å². The Hall–Kier alpha value is -2.61. The molecule has 0 atom stereocenters. The number of hydrogen-bond donors (Lipinski definition) is 0. The van der Waals surface area contributed by atoms with Crippen molar-refractivity contribution in [3.8, 4) is 0 Å². The highest BCUT2D eigenvalue weighted by Crippen LogP contribution is 2.13. The molecule has 0 unspecified atom stereocenters. The first-order valence-corrected chi connectivity index (χ1v) is 6.05. The summed E-state index contributed by atoms with van der Waals surface area (Å²) in [5, 5.41) is 18.1. The van der Waals surface area contributed by atoms with Gasteiger partial charge >= 0.3 is 0 Å². The van der Waals surface area contributed by atoms with Crippen LogP contribution in [0.15, 0.2) is 35.4 Å². The third-order valence-corrected chi connectivity index (χ3v) is 3.50. The molecule has 3 aromatic rings. The van der Waals surface area contributed by atoms with Gasteiger partial charge in [-0.05, 0) is 11.6 Å². The molecule has 0 fully saturated rings. The van der Waals surface area contributed by atoms with Crippen LogP contribution >= 0.6 is 11.3 Å². The Balaban J connectivity index is 2.17. The second-order valence-corrected chi connectivity index (χ2v) is 4.76. The van der Waals surface area contributed by atoms with Gasteiger partial charge in [0.2, 0.25) is 4.96 Å². The van der Waals surface area contributed by atoms with Crippen LogP contribution in [0.4, 0.5) is 5.69 Å². The van der Waals surface area contributed by atoms with Crippen LogP contribution in [0.2, 0.25) is 0 Å². The molecule has 2 heterocycles. The van der Waals surface area contributed by atoms with Crippen LogP contribution in [-0.2, 0) is 0 Å². The zero-order chi connectivity index (χ0) is 13.4. The van der Waals surface area contributed by atoms with Crippen molar-refractivity contribution < 1.29 is 4.92 Å². The first-order valence-electron chi connectivity index (χ1n) is 5.24. The van der Waals surface area contributed by atoms with E-state index in [1.807, 2.05) is 0 Å². The number of benzene rings is 1. The van der Waals surface area contributed by atoms with Gasteiger partial charge in [-0.15, -0.1) is 10.2 Å². The quantitative estimate of drug-likeness (QED) is 0.504. The molecule has 0 radical (unpaired) electrons. The van der Waals surface area contributed by atoms with Crippen LogP contribution in [0, 0.1) is 10.1 Å². The number of rotatable bonds is 2. The molecule has 0 N–H and O–H groups in total. The summed E-state index contributed by atoms with van der Waals surface area (Å²) < 4.78 is 1.80. The van der Waals surface area contributed by atoms with Gasteiger partial charge in [0.1, 0.15) is 6.33 Å². The lowest BCUT2D eigenvalue weighted by Gasteiger charge is -1.92. The van der Waals surface area contributed by atoms with Crippen molar-refractivity contribution in [3.63, 3.8) is 0 Å². The van der Waals surface area contributed by atoms with Crippen molar-refractivity contribution >= 4 is 28.1 Å². The van der Waals surface area contributed by atoms with E-state index in [9.17, 15) is 14.9 Å². The fourth-order valence-electron chi connectivity index (χ4n) is 1.66. The number of non-ortho nitro benzene ring substituents is 1. The fourth-order valence-corrected chi connectivity index (χ4v) is 2.56. The molecule has 2 aromatic heterocycles. The summed E-state index contributed by atoms with van der Waals surface area (Å²) in [6.07, 6.45) is 2.95. The van der Waals surface area contributed by atoms with Crippen LogP contribution < -0.4 is 10.1 Å². The predicted molar refractivity (Wildman–Crippen MR) is 69.0 cm³/mol. The molecule has 7 nitrogen and oxygen atoms in total. The first-order chi connectivity index (χ1) is 9.15. The van der Waals surface area contributed by atoms with Gasteiger partial charge in [-0.1, -0.05) is 23.5 Å². The molecule has 8 heteroatoms. The zero-order valence-corrected chi connectivity index (χ0v) is 10.2. The summed E-state index contributed by atoms with van der Waals surface area (Å²) >= 11 is 1.19. The molecule has 0 amide bonds. The summed E-state index contributed by atoms with van der Waals surface area (Å²) in [6, 6.07) is 6.10. The normalized spacial score (nSPS) is 12.1. The number of aromatic nitrogens is 3. The Morgan fingerprint density at radius 3 is 3.00 bits per heavy atom. The van der Waals surface area contributed by atoms with E-state index in [1.165, 1.54) is 34.2 Å². The van der Waals surface area contributed by atoms with E-state index in [0.717, 1.165) is 0 Å². The Bertz CT molecular complexity index is 883. The van der Waals surface area contributed by atoms with E-state index in [1.54, 1.807) is 18.2 Å². The van der Waals surface area contributed by atoms with E-state index in [0.29, 0.717) is 15.1 Å². The SMILES string of the molecule is O=c1c(=Cc2cccc([N+](=O)[O-])c2)sc2nncn12. The molecular weight excluding hydrogens is 268 g/mol. The van der Waals surface area contributed by atoms with Crippen molar-refractivity contribution in [2.24, 2.45) is 0 Å². The second-order valence-electron chi connectivity index (χ2n) is 3.75. The Labute approximate surface area is 109 Å². The standard InChI is InChI=1S/C11H6N4O3S/c16-10-9(19-11-13-12-6-14(10)11)5-7-2-1-3-8(4-7)15(17)18/h1-6H. The Kier molecular flexibility index (Phi) is 2.57. The first kappa shape index (κ1) is 11.5. The maximum atomic E-state index is 11.9. The number of nitro groups is 1. The third-order valence-electron chi connectivity index (χ3n) is 2.53. The molecule has 0 aliphatic heterocycles. The number of hydrogen-bond acceptors (Lipinski definition) is 6. The van der Waals surface area contributed by atoms with Crippen molar-refractivity contribution in [2.45, 2.75) is 0 Å². The van der Waals surface area contributed by atoms with Gasteiger partial charge in [0, 0.05) is 12.1 Å². The van der Waals surface area contributed by atoms with E-state index < -0.39 is 4.92 Å². The summed E-state index contributed by atoms with van der Waals surface area (Å²) in [7, 11) is 0. The molecule has 0 saturated carbocycles. The van der Waals surface area contributed by atoms with Gasteiger partial charge in [-0.3, -0.25) is 14.9 Å². The molecular formula is C11H6N4O3S. The van der Waals surface area contributed by atoms with Crippen molar-refractivity contribution in [2.75, 3.05) is 0 Å². The lowest BCUT2D eigenvalue weighted by atomic mass is 10.2. The molecule has 0 saturated heterocycles. The monoisotopic (exact) mass is 274 g/mol. The molecule has 3 rings (SSSR count). The van der Waals surface area contributed by atoms with Crippen LogP contribution in [0.25, 0.3) is 11.0 Å². The maximum Gasteiger partial charge on any atom is 0.275 e. The van der Waals surface area contributed by atoms with Gasteiger partial charge in [0.15, 0.2) is 0 Å². The third kappa shape index (κ3) is 1.97. The number of fused-ring (bicyclic) bond motifs is 1. The minimum Gasteiger partial charge on any atom is -0.267 e. The molecule has 0 bridgehead atoms. The molecule has 94 valence electrons. The van der Waals surface area contributed by atoms with Crippen LogP contribution in [-0.4, -0.2) is 19.5 Å². The molecule has 0 spiro atoms. The number of thiazole rings is 1. The van der Waals surface area contributed by atoms with Gasteiger partial charge in [0.25, 0.3) is 11.2 Å². The minimum absolute atomic E-state index is 0.0100. The largest absolute Gasteiger partial charge is 0.275 e. The number of nitro benzene ring substituents is 1. The van der Waals surface area contributed by atoms with Gasteiger partial charge < -0.3 is 0 Å². The second kappa shape index (κ2) is 4.25. The zero-order valence-electron chi connectivity index (χ0n) is 9.39. The van der Waals surface area contributed by atoms with Crippen molar-refractivity contribution in [1.82, 2.24) is 14.6 Å². The van der Waals surface area contributed by atoms with Crippen LogP contribution in [0.1, 0.15) is 5.56 Å². The summed E-state index contributed by atoms with van der Waals surface area (Å²) in [6.45, 7) is 0. The molecule has 1 aromatic carbocycles. The summed E-state index contributed by atoms with van der Waals surface area (Å²) in [4.78, 5) is 22.7. The highest BCUT2D eigenvalue weighted by Gasteiger charge is 2.07. The smallest absolute Gasteiger partial charge is 0.267 e. The van der Waals surface area contributed by atoms with E-state index in [4.69, 9.17) is 0 Å². The van der Waals surface area contributed by atoms with E-state index in [2.05, 4.69) is 10.2 Å². The van der Waals surface area contributed by atoms with E-state index >= 15 is 0 Å². The molecule has 19 heavy (non-hydrogen) atoms. The Morgan fingerprint density at radius 1 is 1.42 bits per heavy atom. The van der Waals surface area contributed by atoms with Crippen LogP contribution in [0.3, 0.4) is 0 Å². The minimum atomic E-state index is -0.472. The molecule has 0 aliphatic rings. The maximum absolute atomic E-state index is 11.9. The van der Waals surface area contributed by atoms with Crippen LogP contribution in [0.5, 0.6) is 0 Å². The fraction of sp³-hybridized carbons (Fsp3) is 0. The Morgan fingerprint density at radius 2 is 2.26 bits per heavy atom. The average Bonchev–Trinajstić information content (AvgIpc) is 2.95. The predicted octanol–water partition coefficient (Wildman–Crippen LogP) is 0.607. The highest BCUT2D eigenvalue weighted by molar-refractivity contribution is 7.15. The lowest BCUT2D eigenvalue weighted by Crippen LogP contribution is -2.22. The average molecular weight is 274 g/mol. The summed E-state index contributed by atoms with van der Waals surface area (Å²) in [5.41, 5.74) is 0.365. The van der Waals surface area contributed by atoms with Crippen molar-refractivity contribution in [3.05, 3.63) is 61.2 Å². The van der Waals surface area contributed by atoms with E-state index in [-0.39, 0.29) is 11.2 Å². The number of nitrogens with zero attached hydrogens (tertiary/aromatic N) is 4. The van der Waals surface area contributed by atoms with Gasteiger partial charge in [-0.25, -0.2) is 4.40 Å². The lowest BCUT2D eigenvalue weighted by molar-refractivity contribution is -0.384. The topological polar surface area (TPSA) is 90.4 Å². The van der Waals surface area contributed by atoms with Gasteiger partial charge in [-0.2, -0.15) is 0 Å².